The number of nitrogen functional groups attached to an aromatic ring is 1. The summed E-state index contributed by atoms with van der Waals surface area (Å²) in [5, 5.41) is 2.88. The Morgan fingerprint density at radius 3 is 1.73 bits per heavy atom. The Morgan fingerprint density at radius 2 is 1.22 bits per heavy atom. The van der Waals surface area contributed by atoms with E-state index in [9.17, 15) is 14.4 Å². The van der Waals surface area contributed by atoms with Crippen LogP contribution in [0.15, 0.2) is 36.4 Å². The molecule has 3 N–H and O–H groups in total. The fourth-order valence-corrected chi connectivity index (χ4v) is 9.79. The number of carbonyl (C=O) groups is 3. The van der Waals surface area contributed by atoms with Crippen molar-refractivity contribution in [3.05, 3.63) is 47.5 Å². The number of ether oxygens (including phenoxy) is 5. The molecule has 2 aliphatic heterocycles. The van der Waals surface area contributed by atoms with E-state index in [1.807, 2.05) is 4.90 Å². The van der Waals surface area contributed by atoms with E-state index in [4.69, 9.17) is 38.3 Å². The van der Waals surface area contributed by atoms with E-state index >= 15 is 0 Å². The van der Waals surface area contributed by atoms with Gasteiger partial charge in [0.15, 0.2) is 39.6 Å². The fraction of sp³-hybridized carbons (Fsp3) is 0.667. The van der Waals surface area contributed by atoms with Gasteiger partial charge in [0.25, 0.3) is 11.8 Å². The molecule has 376 valence electrons. The van der Waals surface area contributed by atoms with Crippen LogP contribution in [0.3, 0.4) is 0 Å². The monoisotopic (exact) mass is 969 g/mol. The van der Waals surface area contributed by atoms with Crippen LogP contribution in [0.5, 0.6) is 23.0 Å². The van der Waals surface area contributed by atoms with Crippen LogP contribution >= 0.6 is 0 Å². The minimum atomic E-state index is -2.09. The third-order valence-corrected chi connectivity index (χ3v) is 22.6. The summed E-state index contributed by atoms with van der Waals surface area (Å²) in [5.74, 6) is 1.18. The molecular weight excluding hydrogens is 885 g/mol. The van der Waals surface area contributed by atoms with Crippen LogP contribution in [0, 0.1) is 5.41 Å². The Hall–Kier alpha value is -4.26. The molecule has 2 atom stereocenters. The van der Waals surface area contributed by atoms with E-state index in [2.05, 4.69) is 93.5 Å². The SMILES string of the molecule is C=C1C[C@@H](CO[Si](C)(C)C(C)(C)C)N(C(=O)c2cc(OC)c(OCCCCCOc3cc(N)c(C(=O)N4CC(C)(C)C[C@H]4CO[Si](C)(C)C(C)(C)C)cc3OC)cc2NC(=O)OC(C)(C)C)C1. The number of benzene rings is 2. The summed E-state index contributed by atoms with van der Waals surface area (Å²) in [5.41, 5.74) is 7.85. The Balaban J connectivity index is 1.41. The van der Waals surface area contributed by atoms with Crippen LogP contribution in [-0.2, 0) is 13.6 Å². The largest absolute Gasteiger partial charge is 0.493 e. The number of unbranched alkanes of at least 4 members (excludes halogenated alkanes) is 2. The molecular formula is C51H84N4O10Si2. The van der Waals surface area contributed by atoms with Crippen LogP contribution in [0.2, 0.25) is 36.3 Å². The molecule has 67 heavy (non-hydrogen) atoms. The number of nitrogens with one attached hydrogen (secondary N) is 1. The summed E-state index contributed by atoms with van der Waals surface area (Å²) in [7, 11) is -1.05. The van der Waals surface area contributed by atoms with Crippen molar-refractivity contribution >= 4 is 45.9 Å². The Bertz CT molecular complexity index is 2090. The van der Waals surface area contributed by atoms with E-state index in [0.717, 1.165) is 18.4 Å². The molecule has 16 heteroatoms. The van der Waals surface area contributed by atoms with Gasteiger partial charge < -0.3 is 48.1 Å². The lowest BCUT2D eigenvalue weighted by Crippen LogP contribution is -2.46. The van der Waals surface area contributed by atoms with Crippen LogP contribution in [-0.4, -0.2) is 116 Å². The van der Waals surface area contributed by atoms with Crippen molar-refractivity contribution in [3.63, 3.8) is 0 Å². The first-order valence-corrected chi connectivity index (χ1v) is 29.6. The molecule has 2 aromatic carbocycles. The lowest BCUT2D eigenvalue weighted by Gasteiger charge is -2.38. The smallest absolute Gasteiger partial charge is 0.412 e. The van der Waals surface area contributed by atoms with E-state index in [1.165, 1.54) is 7.11 Å². The number of anilines is 2. The predicted octanol–water partition coefficient (Wildman–Crippen LogP) is 11.3. The molecule has 0 spiro atoms. The minimum absolute atomic E-state index is 0.0106. The summed E-state index contributed by atoms with van der Waals surface area (Å²) in [6.07, 6.45) is 2.90. The minimum Gasteiger partial charge on any atom is -0.493 e. The number of methoxy groups -OCH3 is 2. The highest BCUT2D eigenvalue weighted by molar-refractivity contribution is 6.74. The quantitative estimate of drug-likeness (QED) is 0.0597. The number of likely N-dealkylation sites (tertiary alicyclic amines) is 2. The molecule has 0 bridgehead atoms. The number of hydrogen-bond acceptors (Lipinski definition) is 11. The second kappa shape index (κ2) is 21.6. The molecule has 0 unspecified atom stereocenters. The van der Waals surface area contributed by atoms with Gasteiger partial charge in [0.2, 0.25) is 0 Å². The number of amides is 3. The Morgan fingerprint density at radius 1 is 0.731 bits per heavy atom. The zero-order valence-electron chi connectivity index (χ0n) is 44.0. The van der Waals surface area contributed by atoms with Crippen molar-refractivity contribution in [2.45, 2.75) is 162 Å². The molecule has 4 rings (SSSR count). The maximum Gasteiger partial charge on any atom is 0.412 e. The van der Waals surface area contributed by atoms with Crippen LogP contribution in [0.1, 0.15) is 129 Å². The summed E-state index contributed by atoms with van der Waals surface area (Å²) in [6, 6.07) is 6.30. The highest BCUT2D eigenvalue weighted by atomic mass is 28.4. The highest BCUT2D eigenvalue weighted by Gasteiger charge is 2.44. The Labute approximate surface area is 404 Å². The lowest BCUT2D eigenvalue weighted by atomic mass is 9.91. The molecule has 2 aromatic rings. The summed E-state index contributed by atoms with van der Waals surface area (Å²) in [4.78, 5) is 45.4. The summed E-state index contributed by atoms with van der Waals surface area (Å²) < 4.78 is 42.6. The first-order chi connectivity index (χ1) is 30.8. The van der Waals surface area contributed by atoms with E-state index < -0.39 is 28.3 Å². The average Bonchev–Trinajstić information content (AvgIpc) is 3.74. The Kier molecular flexibility index (Phi) is 17.8. The van der Waals surface area contributed by atoms with E-state index in [0.29, 0.717) is 93.0 Å². The fourth-order valence-electron chi connectivity index (χ4n) is 7.71. The van der Waals surface area contributed by atoms with Crippen molar-refractivity contribution in [1.82, 2.24) is 9.80 Å². The standard InChI is InChI=1S/C51H84N4O10Si2/c1-34-24-35(31-63-66(15,16)49(5,6)7)54(30-34)46(57)38-26-42(60-14)44(28-40(38)53-47(58)65-48(2,3)4)62-23-21-19-20-22-61-43-27-39(52)37(25-41(43)59-13)45(56)55-33-51(11,12)29-36(55)32-64-67(17,18)50(8,9)10/h25-28,35-36H,1,19-24,29-33,52H2,2-18H3,(H,53,58)/t35-,36-/m0/s1. The van der Waals surface area contributed by atoms with Crippen molar-refractivity contribution < 1.29 is 46.9 Å². The van der Waals surface area contributed by atoms with Gasteiger partial charge in [-0.25, -0.2) is 4.79 Å². The van der Waals surface area contributed by atoms with E-state index in [1.54, 1.807) is 57.0 Å². The van der Waals surface area contributed by atoms with Crippen molar-refractivity contribution in [1.29, 1.82) is 0 Å². The number of rotatable bonds is 19. The van der Waals surface area contributed by atoms with Gasteiger partial charge in [0.05, 0.1) is 69.5 Å². The van der Waals surface area contributed by atoms with Crippen molar-refractivity contribution in [2.24, 2.45) is 5.41 Å². The molecule has 0 saturated carbocycles. The number of hydrogen-bond donors (Lipinski definition) is 2. The predicted molar refractivity (Wildman–Crippen MR) is 273 cm³/mol. The van der Waals surface area contributed by atoms with Gasteiger partial charge in [-0.15, -0.1) is 0 Å². The van der Waals surface area contributed by atoms with Crippen molar-refractivity contribution in [3.8, 4) is 23.0 Å². The zero-order valence-corrected chi connectivity index (χ0v) is 46.0. The maximum absolute atomic E-state index is 14.4. The second-order valence-electron chi connectivity index (χ2n) is 23.2. The first-order valence-electron chi connectivity index (χ1n) is 23.8. The first kappa shape index (κ1) is 55.3. The normalized spacial score (nSPS) is 18.0. The zero-order chi connectivity index (χ0) is 50.5. The van der Waals surface area contributed by atoms with Gasteiger partial charge in [0, 0.05) is 30.9 Å². The molecule has 14 nitrogen and oxygen atoms in total. The molecule has 2 saturated heterocycles. The van der Waals surface area contributed by atoms with Gasteiger partial charge in [-0.05, 0) is 107 Å². The highest BCUT2D eigenvalue weighted by Crippen LogP contribution is 2.42. The molecule has 0 aromatic heterocycles. The van der Waals surface area contributed by atoms with E-state index in [-0.39, 0.29) is 50.6 Å². The third kappa shape index (κ3) is 14.6. The molecule has 3 amide bonds. The average molecular weight is 969 g/mol. The topological polar surface area (TPSA) is 160 Å². The summed E-state index contributed by atoms with van der Waals surface area (Å²) >= 11 is 0. The molecule has 2 heterocycles. The third-order valence-electron chi connectivity index (χ3n) is 13.6. The van der Waals surface area contributed by atoms with Crippen LogP contribution in [0.25, 0.3) is 0 Å². The second-order valence-corrected chi connectivity index (χ2v) is 32.8. The van der Waals surface area contributed by atoms with Gasteiger partial charge in [-0.1, -0.05) is 67.5 Å². The van der Waals surface area contributed by atoms with Gasteiger partial charge in [-0.2, -0.15) is 0 Å². The number of nitrogens with zero attached hydrogens (tertiary/aromatic N) is 2. The van der Waals surface area contributed by atoms with Gasteiger partial charge >= 0.3 is 6.09 Å². The van der Waals surface area contributed by atoms with Crippen molar-refractivity contribution in [2.75, 3.05) is 64.8 Å². The van der Waals surface area contributed by atoms with Gasteiger partial charge in [-0.3, -0.25) is 14.9 Å². The molecule has 0 radical (unpaired) electrons. The van der Waals surface area contributed by atoms with Crippen LogP contribution < -0.4 is 30.0 Å². The molecule has 2 fully saturated rings. The van der Waals surface area contributed by atoms with Gasteiger partial charge in [0.1, 0.15) is 5.60 Å². The molecule has 0 aliphatic carbocycles. The number of nitrogens with two attached hydrogens (primary N) is 1. The number of carbonyl (C=O) groups excluding carboxylic acids is 3. The van der Waals surface area contributed by atoms with Crippen LogP contribution in [0.4, 0.5) is 16.2 Å². The molecule has 2 aliphatic rings. The summed E-state index contributed by atoms with van der Waals surface area (Å²) in [6.45, 7) is 38.5. The lowest BCUT2D eigenvalue weighted by molar-refractivity contribution is 0.0634. The maximum atomic E-state index is 14.4.